The van der Waals surface area contributed by atoms with Crippen molar-refractivity contribution in [2.75, 3.05) is 12.9 Å². The third-order valence-electron chi connectivity index (χ3n) is 2.68. The Bertz CT molecular complexity index is 574. The lowest BCUT2D eigenvalue weighted by Crippen LogP contribution is -2.07. The second kappa shape index (κ2) is 8.09. The molecule has 0 aliphatic carbocycles. The Morgan fingerprint density at radius 1 is 1.23 bits per heavy atom. The lowest BCUT2D eigenvalue weighted by molar-refractivity contribution is 0.0402. The van der Waals surface area contributed by atoms with E-state index >= 15 is 0 Å². The molecular weight excluding hydrogens is 304 g/mol. The summed E-state index contributed by atoms with van der Waals surface area (Å²) in [6.07, 6.45) is 4.94. The zero-order chi connectivity index (χ0) is 15.9. The Labute approximate surface area is 133 Å². The minimum absolute atomic E-state index is 0.172. The molecule has 0 aliphatic rings. The molecule has 0 N–H and O–H groups in total. The molecule has 120 valence electrons. The van der Waals surface area contributed by atoms with Crippen LogP contribution in [0.5, 0.6) is 5.75 Å². The third kappa shape index (κ3) is 4.96. The van der Waals surface area contributed by atoms with Crippen LogP contribution in [0.1, 0.15) is 38.6 Å². The maximum Gasteiger partial charge on any atom is 0.264 e. The van der Waals surface area contributed by atoms with Gasteiger partial charge < -0.3 is 14.0 Å². The van der Waals surface area contributed by atoms with Crippen LogP contribution in [0.2, 0.25) is 0 Å². The molecule has 7 nitrogen and oxygen atoms in total. The standard InChI is InChI=1S/C14H20N4O3S/c1-9(2)7-19-10(3)13-17-12(21-18-13)8-20-11-5-15-14(22-4)16-6-11/h5-6,9-10H,7-8H2,1-4H3/t10-/m0/s1. The molecule has 2 heterocycles. The van der Waals surface area contributed by atoms with Crippen LogP contribution in [0.4, 0.5) is 0 Å². The molecule has 8 heteroatoms. The van der Waals surface area contributed by atoms with Gasteiger partial charge in [0, 0.05) is 6.61 Å². The van der Waals surface area contributed by atoms with Gasteiger partial charge in [-0.2, -0.15) is 4.98 Å². The van der Waals surface area contributed by atoms with Crippen molar-refractivity contribution in [1.82, 2.24) is 20.1 Å². The smallest absolute Gasteiger partial charge is 0.264 e. The molecule has 2 aromatic heterocycles. The minimum atomic E-state index is -0.205. The number of ether oxygens (including phenoxy) is 2. The molecule has 22 heavy (non-hydrogen) atoms. The average Bonchev–Trinajstić information content (AvgIpc) is 3.00. The van der Waals surface area contributed by atoms with Crippen molar-refractivity contribution >= 4 is 11.8 Å². The fourth-order valence-electron chi connectivity index (χ4n) is 1.53. The summed E-state index contributed by atoms with van der Waals surface area (Å²) in [5.74, 6) is 1.93. The zero-order valence-electron chi connectivity index (χ0n) is 13.1. The van der Waals surface area contributed by atoms with E-state index in [1.165, 1.54) is 11.8 Å². The summed E-state index contributed by atoms with van der Waals surface area (Å²) in [6, 6.07) is 0. The van der Waals surface area contributed by atoms with Gasteiger partial charge in [-0.25, -0.2) is 9.97 Å². The van der Waals surface area contributed by atoms with Crippen molar-refractivity contribution < 1.29 is 14.0 Å². The number of aromatic nitrogens is 4. The molecule has 0 spiro atoms. The van der Waals surface area contributed by atoms with Crippen LogP contribution in [-0.4, -0.2) is 33.0 Å². The molecule has 0 bridgehead atoms. The van der Waals surface area contributed by atoms with Gasteiger partial charge in [0.05, 0.1) is 12.4 Å². The first-order valence-corrected chi connectivity index (χ1v) is 8.24. The highest BCUT2D eigenvalue weighted by Gasteiger charge is 2.15. The van der Waals surface area contributed by atoms with E-state index in [-0.39, 0.29) is 12.7 Å². The van der Waals surface area contributed by atoms with Gasteiger partial charge in [-0.05, 0) is 19.1 Å². The largest absolute Gasteiger partial charge is 0.481 e. The summed E-state index contributed by atoms with van der Waals surface area (Å²) in [5.41, 5.74) is 0. The van der Waals surface area contributed by atoms with Crippen LogP contribution < -0.4 is 4.74 Å². The van der Waals surface area contributed by atoms with Crippen molar-refractivity contribution in [2.24, 2.45) is 5.92 Å². The fraction of sp³-hybridized carbons (Fsp3) is 0.571. The van der Waals surface area contributed by atoms with E-state index in [0.29, 0.717) is 35.1 Å². The lowest BCUT2D eigenvalue weighted by Gasteiger charge is -2.10. The highest BCUT2D eigenvalue weighted by molar-refractivity contribution is 7.98. The highest BCUT2D eigenvalue weighted by Crippen LogP contribution is 2.16. The summed E-state index contributed by atoms with van der Waals surface area (Å²) < 4.78 is 16.3. The molecule has 0 unspecified atom stereocenters. The Morgan fingerprint density at radius 2 is 1.95 bits per heavy atom. The van der Waals surface area contributed by atoms with Gasteiger partial charge in [0.1, 0.15) is 6.10 Å². The normalized spacial score (nSPS) is 12.6. The maximum atomic E-state index is 5.64. The molecule has 0 radical (unpaired) electrons. The van der Waals surface area contributed by atoms with Gasteiger partial charge in [-0.15, -0.1) is 0 Å². The fourth-order valence-corrected chi connectivity index (χ4v) is 1.85. The average molecular weight is 324 g/mol. The first-order valence-electron chi connectivity index (χ1n) is 7.01. The van der Waals surface area contributed by atoms with Crippen LogP contribution in [-0.2, 0) is 11.3 Å². The van der Waals surface area contributed by atoms with Gasteiger partial charge >= 0.3 is 0 Å². The Morgan fingerprint density at radius 3 is 2.59 bits per heavy atom. The summed E-state index contributed by atoms with van der Waals surface area (Å²) in [6.45, 7) is 6.90. The quantitative estimate of drug-likeness (QED) is 0.541. The van der Waals surface area contributed by atoms with Crippen LogP contribution in [0.3, 0.4) is 0 Å². The van der Waals surface area contributed by atoms with Crippen molar-refractivity contribution in [3.8, 4) is 5.75 Å². The number of rotatable bonds is 8. The SMILES string of the molecule is CSc1ncc(OCc2nc([C@H](C)OCC(C)C)no2)cn1. The molecule has 2 rings (SSSR count). The monoisotopic (exact) mass is 324 g/mol. The van der Waals surface area contributed by atoms with E-state index in [9.17, 15) is 0 Å². The first-order chi connectivity index (χ1) is 10.6. The molecule has 0 saturated carbocycles. The van der Waals surface area contributed by atoms with E-state index in [0.717, 1.165) is 0 Å². The van der Waals surface area contributed by atoms with Gasteiger partial charge in [0.25, 0.3) is 5.89 Å². The lowest BCUT2D eigenvalue weighted by atomic mass is 10.2. The van der Waals surface area contributed by atoms with Crippen molar-refractivity contribution in [2.45, 2.75) is 38.6 Å². The van der Waals surface area contributed by atoms with Crippen LogP contribution in [0.25, 0.3) is 0 Å². The van der Waals surface area contributed by atoms with Crippen LogP contribution in [0, 0.1) is 5.92 Å². The summed E-state index contributed by atoms with van der Waals surface area (Å²) in [5, 5.41) is 4.61. The van der Waals surface area contributed by atoms with Crippen molar-refractivity contribution in [3.63, 3.8) is 0 Å². The zero-order valence-corrected chi connectivity index (χ0v) is 14.0. The van der Waals surface area contributed by atoms with Crippen LogP contribution >= 0.6 is 11.8 Å². The van der Waals surface area contributed by atoms with Gasteiger partial charge in [-0.1, -0.05) is 30.8 Å². The Hall–Kier alpha value is -1.67. The predicted molar refractivity (Wildman–Crippen MR) is 81.6 cm³/mol. The molecule has 0 aromatic carbocycles. The van der Waals surface area contributed by atoms with Crippen molar-refractivity contribution in [1.29, 1.82) is 0 Å². The minimum Gasteiger partial charge on any atom is -0.481 e. The summed E-state index contributed by atoms with van der Waals surface area (Å²) in [4.78, 5) is 12.5. The second-order valence-corrected chi connectivity index (χ2v) is 5.88. The van der Waals surface area contributed by atoms with E-state index in [4.69, 9.17) is 14.0 Å². The molecule has 0 fully saturated rings. The molecule has 0 amide bonds. The first kappa shape index (κ1) is 16.7. The summed E-state index contributed by atoms with van der Waals surface area (Å²) >= 11 is 1.47. The Kier molecular flexibility index (Phi) is 6.14. The van der Waals surface area contributed by atoms with Gasteiger partial charge in [-0.3, -0.25) is 0 Å². The Balaban J connectivity index is 1.85. The number of nitrogens with zero attached hydrogens (tertiary/aromatic N) is 4. The second-order valence-electron chi connectivity index (χ2n) is 5.11. The number of hydrogen-bond acceptors (Lipinski definition) is 8. The predicted octanol–water partition coefficient (Wildman–Crippen LogP) is 2.89. The molecule has 0 saturated heterocycles. The molecule has 0 aliphatic heterocycles. The van der Waals surface area contributed by atoms with E-state index in [1.54, 1.807) is 12.4 Å². The molecule has 2 aromatic rings. The topological polar surface area (TPSA) is 83.2 Å². The maximum absolute atomic E-state index is 5.64. The van der Waals surface area contributed by atoms with Gasteiger partial charge in [0.2, 0.25) is 0 Å². The number of thioether (sulfide) groups is 1. The third-order valence-corrected chi connectivity index (χ3v) is 3.25. The molecule has 1 atom stereocenters. The van der Waals surface area contributed by atoms with E-state index in [1.807, 2.05) is 13.2 Å². The summed E-state index contributed by atoms with van der Waals surface area (Å²) in [7, 11) is 0. The highest BCUT2D eigenvalue weighted by atomic mass is 32.2. The number of hydrogen-bond donors (Lipinski definition) is 0. The van der Waals surface area contributed by atoms with Crippen LogP contribution in [0.15, 0.2) is 22.1 Å². The van der Waals surface area contributed by atoms with E-state index in [2.05, 4.69) is 34.0 Å². The van der Waals surface area contributed by atoms with E-state index < -0.39 is 0 Å². The van der Waals surface area contributed by atoms with Gasteiger partial charge in [0.15, 0.2) is 23.3 Å². The molecular formula is C14H20N4O3S. The van der Waals surface area contributed by atoms with Crippen molar-refractivity contribution in [3.05, 3.63) is 24.1 Å².